The molecule has 0 aromatic heterocycles. The number of nitrogens with one attached hydrogen (secondary N) is 3. The highest BCUT2D eigenvalue weighted by Crippen LogP contribution is 2.27. The lowest BCUT2D eigenvalue weighted by Gasteiger charge is -2.11. The smallest absolute Gasteiger partial charge is 0.338 e. The highest BCUT2D eigenvalue weighted by atomic mass is 79.9. The van der Waals surface area contributed by atoms with Crippen molar-refractivity contribution in [1.29, 1.82) is 0 Å². The van der Waals surface area contributed by atoms with Crippen molar-refractivity contribution >= 4 is 57.2 Å². The molecule has 0 aliphatic heterocycles. The van der Waals surface area contributed by atoms with Gasteiger partial charge in [0.05, 0.1) is 31.2 Å². The van der Waals surface area contributed by atoms with E-state index in [1.807, 2.05) is 6.07 Å². The molecule has 3 aromatic carbocycles. The molecule has 0 radical (unpaired) electrons. The number of para-hydroxylation sites is 1. The number of carbonyl (C=O) groups is 4. The van der Waals surface area contributed by atoms with Gasteiger partial charge in [0.15, 0.2) is 18.1 Å². The summed E-state index contributed by atoms with van der Waals surface area (Å²) in [7, 11) is 1.44. The minimum absolute atomic E-state index is 0.274. The van der Waals surface area contributed by atoms with Crippen LogP contribution in [0.2, 0.25) is 0 Å². The van der Waals surface area contributed by atoms with Gasteiger partial charge in [-0.15, -0.1) is 0 Å². The van der Waals surface area contributed by atoms with Gasteiger partial charge in [0.25, 0.3) is 5.91 Å². The first kappa shape index (κ1) is 29.8. The van der Waals surface area contributed by atoms with Crippen LogP contribution in [0.1, 0.15) is 29.3 Å². The molecule has 0 aliphatic rings. The Kier molecular flexibility index (Phi) is 11.2. The van der Waals surface area contributed by atoms with Crippen LogP contribution in [0.5, 0.6) is 11.5 Å². The van der Waals surface area contributed by atoms with Crippen LogP contribution < -0.4 is 25.5 Å². The van der Waals surface area contributed by atoms with E-state index in [0.29, 0.717) is 38.5 Å². The summed E-state index contributed by atoms with van der Waals surface area (Å²) in [5, 5.41) is 9.19. The first-order valence-electron chi connectivity index (χ1n) is 12.0. The molecule has 3 amide bonds. The van der Waals surface area contributed by atoms with E-state index in [1.54, 1.807) is 67.6 Å². The molecule has 0 atom stereocenters. The third-order valence-corrected chi connectivity index (χ3v) is 5.79. The summed E-state index contributed by atoms with van der Waals surface area (Å²) in [6.45, 7) is 1.71. The minimum Gasteiger partial charge on any atom is -0.493 e. The zero-order valence-electron chi connectivity index (χ0n) is 21.7. The summed E-state index contributed by atoms with van der Waals surface area (Å²) in [5.41, 5.74) is 4.31. The number of anilines is 2. The van der Waals surface area contributed by atoms with Crippen molar-refractivity contribution in [2.24, 2.45) is 5.10 Å². The highest BCUT2D eigenvalue weighted by Gasteiger charge is 2.12. The van der Waals surface area contributed by atoms with E-state index in [2.05, 4.69) is 37.1 Å². The lowest BCUT2D eigenvalue weighted by atomic mass is 10.2. The third-order valence-electron chi connectivity index (χ3n) is 5.10. The molecule has 0 bridgehead atoms. The Morgan fingerprint density at radius 3 is 2.35 bits per heavy atom. The maximum Gasteiger partial charge on any atom is 0.338 e. The SMILES string of the molecule is CCOC(=O)c1ccc(NC(=O)COc2ccc(C=NNC(=O)CC(=O)Nc3ccccc3Br)cc2OC)cc1. The second kappa shape index (κ2) is 15.0. The molecule has 208 valence electrons. The van der Waals surface area contributed by atoms with Gasteiger partial charge in [0.2, 0.25) is 11.8 Å². The van der Waals surface area contributed by atoms with Gasteiger partial charge in [-0.2, -0.15) is 5.10 Å². The summed E-state index contributed by atoms with van der Waals surface area (Å²) < 4.78 is 16.5. The predicted molar refractivity (Wildman–Crippen MR) is 153 cm³/mol. The number of carbonyl (C=O) groups excluding carboxylic acids is 4. The number of ether oxygens (including phenoxy) is 3. The van der Waals surface area contributed by atoms with Gasteiger partial charge in [-0.1, -0.05) is 12.1 Å². The first-order chi connectivity index (χ1) is 19.3. The Morgan fingerprint density at radius 2 is 1.65 bits per heavy atom. The molecule has 0 fully saturated rings. The van der Waals surface area contributed by atoms with Gasteiger partial charge in [-0.3, -0.25) is 14.4 Å². The zero-order valence-corrected chi connectivity index (χ0v) is 23.3. The van der Waals surface area contributed by atoms with Crippen molar-refractivity contribution < 1.29 is 33.4 Å². The number of hydrogen-bond acceptors (Lipinski definition) is 8. The Bertz CT molecular complexity index is 1390. The standard InChI is InChI=1S/C28H27BrN4O7/c1-3-39-28(37)19-9-11-20(12-10-19)31-27(36)17-40-23-13-8-18(14-24(23)38-2)16-30-33-26(35)15-25(34)32-22-7-5-4-6-21(22)29/h4-14,16H,3,15,17H2,1-2H3,(H,31,36)(H,32,34)(H,33,35). The van der Waals surface area contributed by atoms with Crippen LogP contribution in [-0.4, -0.2) is 50.2 Å². The normalized spacial score (nSPS) is 10.5. The molecule has 40 heavy (non-hydrogen) atoms. The van der Waals surface area contributed by atoms with Crippen molar-refractivity contribution in [3.63, 3.8) is 0 Å². The Hall–Kier alpha value is -4.71. The van der Waals surface area contributed by atoms with Gasteiger partial charge in [0.1, 0.15) is 6.42 Å². The molecule has 3 N–H and O–H groups in total. The van der Waals surface area contributed by atoms with Gasteiger partial charge >= 0.3 is 5.97 Å². The maximum atomic E-state index is 12.3. The first-order valence-corrected chi connectivity index (χ1v) is 12.8. The predicted octanol–water partition coefficient (Wildman–Crippen LogP) is 4.13. The number of nitrogens with zero attached hydrogens (tertiary/aromatic N) is 1. The molecule has 0 spiro atoms. The molecular weight excluding hydrogens is 584 g/mol. The van der Waals surface area contributed by atoms with E-state index in [0.717, 1.165) is 0 Å². The number of methoxy groups -OCH3 is 1. The average molecular weight is 611 g/mol. The van der Waals surface area contributed by atoms with Crippen molar-refractivity contribution in [1.82, 2.24) is 5.43 Å². The van der Waals surface area contributed by atoms with Crippen LogP contribution in [-0.2, 0) is 19.1 Å². The number of esters is 1. The molecular formula is C28H27BrN4O7. The third kappa shape index (κ3) is 9.24. The van der Waals surface area contributed by atoms with Crippen molar-refractivity contribution in [3.8, 4) is 11.5 Å². The summed E-state index contributed by atoms with van der Waals surface area (Å²) >= 11 is 3.33. The lowest BCUT2D eigenvalue weighted by Crippen LogP contribution is -2.24. The van der Waals surface area contributed by atoms with Gasteiger partial charge in [0, 0.05) is 10.2 Å². The molecule has 0 aliphatic carbocycles. The number of halogens is 1. The summed E-state index contributed by atoms with van der Waals surface area (Å²) in [5.74, 6) is -1.26. The summed E-state index contributed by atoms with van der Waals surface area (Å²) in [4.78, 5) is 48.2. The molecule has 0 saturated heterocycles. The van der Waals surface area contributed by atoms with Crippen LogP contribution >= 0.6 is 15.9 Å². The topological polar surface area (TPSA) is 144 Å². The van der Waals surface area contributed by atoms with Gasteiger partial charge < -0.3 is 24.8 Å². The van der Waals surface area contributed by atoms with Crippen LogP contribution in [0.15, 0.2) is 76.3 Å². The second-order valence-corrected chi connectivity index (χ2v) is 8.90. The molecule has 12 heteroatoms. The molecule has 0 saturated carbocycles. The van der Waals surface area contributed by atoms with E-state index >= 15 is 0 Å². The van der Waals surface area contributed by atoms with Crippen LogP contribution in [0.4, 0.5) is 11.4 Å². The Labute approximate surface area is 239 Å². The second-order valence-electron chi connectivity index (χ2n) is 8.04. The average Bonchev–Trinajstić information content (AvgIpc) is 2.94. The number of hydrazone groups is 1. The fraction of sp³-hybridized carbons (Fsp3) is 0.179. The molecule has 3 rings (SSSR count). The zero-order chi connectivity index (χ0) is 28.9. The molecule has 3 aromatic rings. The number of amides is 3. The minimum atomic E-state index is -0.589. The van der Waals surface area contributed by atoms with Crippen molar-refractivity contribution in [2.45, 2.75) is 13.3 Å². The van der Waals surface area contributed by atoms with Gasteiger partial charge in [-0.25, -0.2) is 10.2 Å². The van der Waals surface area contributed by atoms with E-state index < -0.39 is 30.1 Å². The van der Waals surface area contributed by atoms with E-state index in [9.17, 15) is 19.2 Å². The molecule has 0 heterocycles. The lowest BCUT2D eigenvalue weighted by molar-refractivity contribution is -0.126. The fourth-order valence-electron chi connectivity index (χ4n) is 3.25. The number of rotatable bonds is 12. The number of benzene rings is 3. The maximum absolute atomic E-state index is 12.3. The largest absolute Gasteiger partial charge is 0.493 e. The summed E-state index contributed by atoms with van der Waals surface area (Å²) in [6, 6.07) is 18.2. The van der Waals surface area contributed by atoms with Crippen molar-refractivity contribution in [3.05, 3.63) is 82.3 Å². The number of hydrogen-bond donors (Lipinski definition) is 3. The fourth-order valence-corrected chi connectivity index (χ4v) is 3.63. The van der Waals surface area contributed by atoms with Crippen LogP contribution in [0.3, 0.4) is 0 Å². The quantitative estimate of drug-likeness (QED) is 0.121. The van der Waals surface area contributed by atoms with Crippen LogP contribution in [0, 0.1) is 0 Å². The van der Waals surface area contributed by atoms with E-state index in [4.69, 9.17) is 14.2 Å². The summed E-state index contributed by atoms with van der Waals surface area (Å²) in [6.07, 6.45) is 0.967. The Morgan fingerprint density at radius 1 is 0.900 bits per heavy atom. The highest BCUT2D eigenvalue weighted by molar-refractivity contribution is 9.10. The van der Waals surface area contributed by atoms with Gasteiger partial charge in [-0.05, 0) is 83.0 Å². The monoisotopic (exact) mass is 610 g/mol. The molecule has 11 nitrogen and oxygen atoms in total. The van der Waals surface area contributed by atoms with E-state index in [-0.39, 0.29) is 13.2 Å². The van der Waals surface area contributed by atoms with Crippen molar-refractivity contribution in [2.75, 3.05) is 31.0 Å². The van der Waals surface area contributed by atoms with E-state index in [1.165, 1.54) is 13.3 Å². The van der Waals surface area contributed by atoms with Crippen LogP contribution in [0.25, 0.3) is 0 Å². The molecule has 0 unspecified atom stereocenters. The Balaban J connectivity index is 1.47.